The van der Waals surface area contributed by atoms with E-state index >= 15 is 0 Å². The maximum Gasteiger partial charge on any atom is 0.0841 e. The minimum Gasteiger partial charge on any atom is -0.370 e. The second-order valence-electron chi connectivity index (χ2n) is 7.85. The van der Waals surface area contributed by atoms with Crippen molar-refractivity contribution in [3.8, 4) is 0 Å². The Morgan fingerprint density at radius 1 is 0.318 bits per heavy atom. The van der Waals surface area contributed by atoms with Crippen molar-refractivity contribution < 1.29 is 14.2 Å². The highest BCUT2D eigenvalue weighted by atomic mass is 16.6. The molecule has 0 amide bonds. The lowest BCUT2D eigenvalue weighted by molar-refractivity contribution is 0.322. The average Bonchev–Trinajstić information content (AvgIpc) is 3.45. The van der Waals surface area contributed by atoms with Gasteiger partial charge in [0.1, 0.15) is 0 Å². The highest BCUT2D eigenvalue weighted by Crippen LogP contribution is 2.38. The first-order valence-electron chi connectivity index (χ1n) is 9.86. The molecule has 3 nitrogen and oxygen atoms in total. The molecule has 0 aromatic rings. The van der Waals surface area contributed by atoms with Crippen LogP contribution in [0, 0.1) is 0 Å². The number of rotatable bonds is 0. The molecule has 6 fully saturated rings. The fourth-order valence-corrected chi connectivity index (χ4v) is 4.32. The van der Waals surface area contributed by atoms with Gasteiger partial charge in [-0.3, -0.25) is 0 Å². The normalized spacial score (nSPS) is 46.9. The first-order chi connectivity index (χ1) is 10.9. The van der Waals surface area contributed by atoms with Crippen LogP contribution >= 0.6 is 0 Å². The molecule has 3 heteroatoms. The van der Waals surface area contributed by atoms with Crippen molar-refractivity contribution in [2.75, 3.05) is 0 Å². The van der Waals surface area contributed by atoms with Gasteiger partial charge in [0.25, 0.3) is 0 Å². The summed E-state index contributed by atoms with van der Waals surface area (Å²) >= 11 is 0. The summed E-state index contributed by atoms with van der Waals surface area (Å²) in [5.41, 5.74) is 0. The molecule has 6 rings (SSSR count). The standard InChI is InChI=1S/C8H14O.C6H10O.C5H8O/c1-2-4-6-8-7(9-8)5-3-1;1-2-4-6-5(3-1)7-6;1-2-4-5(3-1)6-4/h7-8H,1-6H2;5-6H,1-4H2;4-5H,1-3H2. The van der Waals surface area contributed by atoms with E-state index in [1.54, 1.807) is 0 Å². The summed E-state index contributed by atoms with van der Waals surface area (Å²) in [5, 5.41) is 0. The van der Waals surface area contributed by atoms with Crippen LogP contribution in [0.4, 0.5) is 0 Å². The molecule has 0 radical (unpaired) electrons. The number of ether oxygens (including phenoxy) is 3. The summed E-state index contributed by atoms with van der Waals surface area (Å²) < 4.78 is 15.9. The Morgan fingerprint density at radius 3 is 0.909 bits per heavy atom. The van der Waals surface area contributed by atoms with Crippen molar-refractivity contribution in [1.82, 2.24) is 0 Å². The maximum absolute atomic E-state index is 5.44. The average molecular weight is 308 g/mol. The van der Waals surface area contributed by atoms with E-state index in [2.05, 4.69) is 0 Å². The number of hydrogen-bond acceptors (Lipinski definition) is 3. The van der Waals surface area contributed by atoms with Crippen LogP contribution in [0.2, 0.25) is 0 Å². The predicted octanol–water partition coefficient (Wildman–Crippen LogP) is 4.37. The van der Waals surface area contributed by atoms with Gasteiger partial charge in [0.15, 0.2) is 0 Å². The van der Waals surface area contributed by atoms with Crippen LogP contribution in [0.25, 0.3) is 0 Å². The molecule has 6 atom stereocenters. The van der Waals surface area contributed by atoms with Crippen molar-refractivity contribution in [1.29, 1.82) is 0 Å². The quantitative estimate of drug-likeness (QED) is 0.623. The van der Waals surface area contributed by atoms with Crippen LogP contribution in [-0.4, -0.2) is 36.6 Å². The molecular formula is C19H32O3. The Kier molecular flexibility index (Phi) is 5.04. The molecule has 6 aliphatic rings. The highest BCUT2D eigenvalue weighted by molar-refractivity contribution is 4.90. The minimum absolute atomic E-state index is 0.685. The molecule has 0 spiro atoms. The zero-order valence-electron chi connectivity index (χ0n) is 13.9. The maximum atomic E-state index is 5.44. The van der Waals surface area contributed by atoms with Gasteiger partial charge in [0, 0.05) is 0 Å². The van der Waals surface area contributed by atoms with E-state index in [0.717, 1.165) is 0 Å². The highest BCUT2D eigenvalue weighted by Gasteiger charge is 2.42. The molecule has 3 heterocycles. The second-order valence-corrected chi connectivity index (χ2v) is 7.85. The molecule has 0 aromatic heterocycles. The van der Waals surface area contributed by atoms with Crippen LogP contribution in [0.3, 0.4) is 0 Å². The van der Waals surface area contributed by atoms with Crippen LogP contribution in [0.1, 0.15) is 83.5 Å². The smallest absolute Gasteiger partial charge is 0.0841 e. The topological polar surface area (TPSA) is 37.6 Å². The summed E-state index contributed by atoms with van der Waals surface area (Å²) in [4.78, 5) is 0. The van der Waals surface area contributed by atoms with E-state index in [0.29, 0.717) is 36.6 Å². The van der Waals surface area contributed by atoms with E-state index in [1.807, 2.05) is 0 Å². The largest absolute Gasteiger partial charge is 0.370 e. The van der Waals surface area contributed by atoms with Crippen molar-refractivity contribution in [2.45, 2.75) is 120 Å². The molecule has 3 saturated heterocycles. The molecule has 0 N–H and O–H groups in total. The van der Waals surface area contributed by atoms with Crippen LogP contribution < -0.4 is 0 Å². The summed E-state index contributed by atoms with van der Waals surface area (Å²) in [6.07, 6.45) is 22.1. The lowest BCUT2D eigenvalue weighted by Gasteiger charge is -2.01. The third kappa shape index (κ3) is 4.46. The van der Waals surface area contributed by atoms with Gasteiger partial charge in [0.05, 0.1) is 36.6 Å². The van der Waals surface area contributed by atoms with Crippen molar-refractivity contribution in [2.24, 2.45) is 0 Å². The third-order valence-electron chi connectivity index (χ3n) is 5.99. The SMILES string of the molecule is C1CC2OC2C1.C1CCC2OC2C1.C1CCCC2OC2CC1. The number of epoxide rings is 3. The molecule has 126 valence electrons. The van der Waals surface area contributed by atoms with E-state index in [9.17, 15) is 0 Å². The van der Waals surface area contributed by atoms with E-state index in [1.165, 1.54) is 83.5 Å². The van der Waals surface area contributed by atoms with Gasteiger partial charge in [-0.05, 0) is 44.9 Å². The first-order valence-corrected chi connectivity index (χ1v) is 9.86. The fourth-order valence-electron chi connectivity index (χ4n) is 4.32. The minimum atomic E-state index is 0.685. The monoisotopic (exact) mass is 308 g/mol. The molecule has 6 unspecified atom stereocenters. The molecular weight excluding hydrogens is 276 g/mol. The van der Waals surface area contributed by atoms with Gasteiger partial charge in [0.2, 0.25) is 0 Å². The van der Waals surface area contributed by atoms with E-state index in [4.69, 9.17) is 14.2 Å². The third-order valence-corrected chi connectivity index (χ3v) is 5.99. The van der Waals surface area contributed by atoms with Gasteiger partial charge in [-0.1, -0.05) is 38.5 Å². The van der Waals surface area contributed by atoms with Gasteiger partial charge < -0.3 is 14.2 Å². The van der Waals surface area contributed by atoms with Gasteiger partial charge >= 0.3 is 0 Å². The van der Waals surface area contributed by atoms with Crippen LogP contribution in [-0.2, 0) is 14.2 Å². The Balaban J connectivity index is 0.0000000870. The molecule has 22 heavy (non-hydrogen) atoms. The first kappa shape index (κ1) is 15.4. The number of hydrogen-bond donors (Lipinski definition) is 0. The Morgan fingerprint density at radius 2 is 0.591 bits per heavy atom. The summed E-state index contributed by atoms with van der Waals surface area (Å²) in [6, 6.07) is 0. The summed E-state index contributed by atoms with van der Waals surface area (Å²) in [6.45, 7) is 0. The van der Waals surface area contributed by atoms with Crippen LogP contribution in [0.15, 0.2) is 0 Å². The zero-order valence-corrected chi connectivity index (χ0v) is 13.9. The van der Waals surface area contributed by atoms with Crippen molar-refractivity contribution in [3.63, 3.8) is 0 Å². The Labute approximate surface area is 135 Å². The van der Waals surface area contributed by atoms with E-state index < -0.39 is 0 Å². The lowest BCUT2D eigenvalue weighted by Crippen LogP contribution is -2.00. The second kappa shape index (κ2) is 7.19. The van der Waals surface area contributed by atoms with Crippen molar-refractivity contribution >= 4 is 0 Å². The van der Waals surface area contributed by atoms with Gasteiger partial charge in [-0.25, -0.2) is 0 Å². The van der Waals surface area contributed by atoms with Gasteiger partial charge in [-0.15, -0.1) is 0 Å². The van der Waals surface area contributed by atoms with Gasteiger partial charge in [-0.2, -0.15) is 0 Å². The molecule has 0 aromatic carbocycles. The van der Waals surface area contributed by atoms with E-state index in [-0.39, 0.29) is 0 Å². The molecule has 3 saturated carbocycles. The lowest BCUT2D eigenvalue weighted by atomic mass is 10.0. The number of fused-ring (bicyclic) bond motifs is 3. The summed E-state index contributed by atoms with van der Waals surface area (Å²) in [7, 11) is 0. The molecule has 3 aliphatic heterocycles. The zero-order chi connectivity index (χ0) is 14.8. The Hall–Kier alpha value is -0.120. The molecule has 0 bridgehead atoms. The fraction of sp³-hybridized carbons (Fsp3) is 1.00. The predicted molar refractivity (Wildman–Crippen MR) is 86.0 cm³/mol. The summed E-state index contributed by atoms with van der Waals surface area (Å²) in [5.74, 6) is 0. The van der Waals surface area contributed by atoms with Crippen LogP contribution in [0.5, 0.6) is 0 Å². The Bertz CT molecular complexity index is 329. The van der Waals surface area contributed by atoms with Crippen molar-refractivity contribution in [3.05, 3.63) is 0 Å². The molecule has 3 aliphatic carbocycles.